The molecule has 1 aliphatic rings. The van der Waals surface area contributed by atoms with Gasteiger partial charge < -0.3 is 10.8 Å². The minimum Gasteiger partial charge on any atom is -0.391 e. The smallest absolute Gasteiger partial charge is 0.0761 e. The van der Waals surface area contributed by atoms with Crippen LogP contribution in [0.2, 0.25) is 5.02 Å². The summed E-state index contributed by atoms with van der Waals surface area (Å²) in [5.41, 5.74) is 8.06. The quantitative estimate of drug-likeness (QED) is 0.890. The van der Waals surface area contributed by atoms with Crippen LogP contribution in [0.1, 0.15) is 36.4 Å². The summed E-state index contributed by atoms with van der Waals surface area (Å²) in [4.78, 5) is 0. The highest BCUT2D eigenvalue weighted by molar-refractivity contribution is 6.31. The van der Waals surface area contributed by atoms with Crippen LogP contribution in [-0.4, -0.2) is 11.2 Å². The van der Waals surface area contributed by atoms with Crippen molar-refractivity contribution in [2.45, 2.75) is 38.3 Å². The van der Waals surface area contributed by atoms with E-state index < -0.39 is 6.10 Å². The molecule has 2 atom stereocenters. The molecule has 0 heterocycles. The number of benzene rings is 1. The predicted octanol–water partition coefficient (Wildman–Crippen LogP) is 3.23. The van der Waals surface area contributed by atoms with Gasteiger partial charge in [0, 0.05) is 5.02 Å². The molecule has 96 valence electrons. The number of aryl methyl sites for hydroxylation is 1. The SMILES string of the molecule is Cc1cccc(Cl)c1[C@H](N)[C@H](O)C1CCC1.Cl. The molecule has 0 saturated heterocycles. The fraction of sp³-hybridized carbons (Fsp3) is 0.538. The number of aliphatic hydroxyl groups is 1. The molecule has 1 aliphatic carbocycles. The van der Waals surface area contributed by atoms with Gasteiger partial charge >= 0.3 is 0 Å². The number of halogens is 2. The Hall–Kier alpha value is -0.280. The van der Waals surface area contributed by atoms with E-state index in [9.17, 15) is 5.11 Å². The minimum absolute atomic E-state index is 0. The van der Waals surface area contributed by atoms with Crippen molar-refractivity contribution in [1.29, 1.82) is 0 Å². The molecule has 0 aromatic heterocycles. The Bertz CT molecular complexity index is 359. The molecule has 2 rings (SSSR count). The lowest BCUT2D eigenvalue weighted by Crippen LogP contribution is -2.36. The molecule has 0 spiro atoms. The summed E-state index contributed by atoms with van der Waals surface area (Å²) in [5.74, 6) is 0.352. The maximum absolute atomic E-state index is 10.2. The predicted molar refractivity (Wildman–Crippen MR) is 73.7 cm³/mol. The number of rotatable bonds is 3. The summed E-state index contributed by atoms with van der Waals surface area (Å²) in [6.07, 6.45) is 2.90. The molecule has 1 aromatic rings. The normalized spacial score (nSPS) is 19.1. The van der Waals surface area contributed by atoms with Gasteiger partial charge in [0.1, 0.15) is 0 Å². The van der Waals surface area contributed by atoms with Gasteiger partial charge in [-0.15, -0.1) is 12.4 Å². The summed E-state index contributed by atoms with van der Waals surface area (Å²) in [7, 11) is 0. The topological polar surface area (TPSA) is 46.2 Å². The van der Waals surface area contributed by atoms with E-state index in [1.165, 1.54) is 6.42 Å². The van der Waals surface area contributed by atoms with Crippen molar-refractivity contribution >= 4 is 24.0 Å². The van der Waals surface area contributed by atoms with Gasteiger partial charge in [0.25, 0.3) is 0 Å². The Labute approximate surface area is 114 Å². The van der Waals surface area contributed by atoms with Crippen LogP contribution in [0.3, 0.4) is 0 Å². The van der Waals surface area contributed by atoms with Crippen molar-refractivity contribution in [3.63, 3.8) is 0 Å². The van der Waals surface area contributed by atoms with E-state index in [2.05, 4.69) is 0 Å². The van der Waals surface area contributed by atoms with Crippen LogP contribution < -0.4 is 5.73 Å². The van der Waals surface area contributed by atoms with Crippen molar-refractivity contribution in [2.24, 2.45) is 11.7 Å². The largest absolute Gasteiger partial charge is 0.391 e. The van der Waals surface area contributed by atoms with Gasteiger partial charge in [-0.25, -0.2) is 0 Å². The molecular formula is C13H19Cl2NO. The first-order valence-corrected chi connectivity index (χ1v) is 6.17. The average molecular weight is 276 g/mol. The van der Waals surface area contributed by atoms with Gasteiger partial charge in [-0.2, -0.15) is 0 Å². The molecule has 0 unspecified atom stereocenters. The van der Waals surface area contributed by atoms with Crippen molar-refractivity contribution in [3.8, 4) is 0 Å². The lowest BCUT2D eigenvalue weighted by atomic mass is 9.77. The number of hydrogen-bond donors (Lipinski definition) is 2. The highest BCUT2D eigenvalue weighted by Crippen LogP contribution is 2.36. The fourth-order valence-corrected chi connectivity index (χ4v) is 2.66. The van der Waals surface area contributed by atoms with Crippen LogP contribution in [0, 0.1) is 12.8 Å². The minimum atomic E-state index is -0.465. The molecule has 0 aliphatic heterocycles. The summed E-state index contributed by atoms with van der Waals surface area (Å²) < 4.78 is 0. The van der Waals surface area contributed by atoms with E-state index in [0.29, 0.717) is 10.9 Å². The number of aliphatic hydroxyl groups excluding tert-OH is 1. The number of hydrogen-bond acceptors (Lipinski definition) is 2. The van der Waals surface area contributed by atoms with Gasteiger partial charge in [-0.05, 0) is 42.9 Å². The van der Waals surface area contributed by atoms with Crippen molar-refractivity contribution in [1.82, 2.24) is 0 Å². The Balaban J connectivity index is 0.00000144. The summed E-state index contributed by atoms with van der Waals surface area (Å²) >= 11 is 6.14. The lowest BCUT2D eigenvalue weighted by molar-refractivity contribution is 0.0412. The van der Waals surface area contributed by atoms with E-state index >= 15 is 0 Å². The van der Waals surface area contributed by atoms with Crippen molar-refractivity contribution in [2.75, 3.05) is 0 Å². The van der Waals surface area contributed by atoms with Crippen molar-refractivity contribution in [3.05, 3.63) is 34.3 Å². The van der Waals surface area contributed by atoms with Gasteiger partial charge in [-0.1, -0.05) is 30.2 Å². The van der Waals surface area contributed by atoms with Gasteiger partial charge in [0.2, 0.25) is 0 Å². The monoisotopic (exact) mass is 275 g/mol. The standard InChI is InChI=1S/C13H18ClNO.ClH/c1-8-4-2-7-10(14)11(8)12(15)13(16)9-5-3-6-9;/h2,4,7,9,12-13,16H,3,5-6,15H2,1H3;1H/t12-,13+;/m0./s1. The maximum atomic E-state index is 10.2. The molecule has 2 nitrogen and oxygen atoms in total. The van der Waals surface area contributed by atoms with Crippen LogP contribution in [0.25, 0.3) is 0 Å². The molecule has 17 heavy (non-hydrogen) atoms. The molecular weight excluding hydrogens is 257 g/mol. The van der Waals surface area contributed by atoms with Gasteiger partial charge in [0.05, 0.1) is 12.1 Å². The fourth-order valence-electron chi connectivity index (χ4n) is 2.31. The highest BCUT2D eigenvalue weighted by atomic mass is 35.5. The Morgan fingerprint density at radius 1 is 1.41 bits per heavy atom. The van der Waals surface area contributed by atoms with Crippen LogP contribution in [0.4, 0.5) is 0 Å². The molecule has 0 bridgehead atoms. The molecule has 0 radical (unpaired) electrons. The second-order valence-corrected chi connectivity index (χ2v) is 5.08. The second kappa shape index (κ2) is 6.05. The van der Waals surface area contributed by atoms with Crippen LogP contribution in [-0.2, 0) is 0 Å². The Morgan fingerprint density at radius 2 is 2.06 bits per heavy atom. The van der Waals surface area contributed by atoms with E-state index in [1.807, 2.05) is 25.1 Å². The third-order valence-corrected chi connectivity index (χ3v) is 3.93. The third kappa shape index (κ3) is 2.94. The second-order valence-electron chi connectivity index (χ2n) is 4.68. The van der Waals surface area contributed by atoms with E-state index in [0.717, 1.165) is 24.0 Å². The third-order valence-electron chi connectivity index (χ3n) is 3.61. The van der Waals surface area contributed by atoms with Crippen molar-refractivity contribution < 1.29 is 5.11 Å². The molecule has 4 heteroatoms. The summed E-state index contributed by atoms with van der Waals surface area (Å²) in [6.45, 7) is 1.98. The molecule has 1 fully saturated rings. The molecule has 1 aromatic carbocycles. The lowest BCUT2D eigenvalue weighted by Gasteiger charge is -2.34. The highest BCUT2D eigenvalue weighted by Gasteiger charge is 2.32. The first kappa shape index (κ1) is 14.8. The number of nitrogens with two attached hydrogens (primary N) is 1. The Kier molecular flexibility index (Phi) is 5.26. The van der Waals surface area contributed by atoms with E-state index in [1.54, 1.807) is 0 Å². The molecule has 3 N–H and O–H groups in total. The van der Waals surface area contributed by atoms with E-state index in [4.69, 9.17) is 17.3 Å². The Morgan fingerprint density at radius 3 is 2.53 bits per heavy atom. The zero-order valence-corrected chi connectivity index (χ0v) is 11.5. The van der Waals surface area contributed by atoms with E-state index in [-0.39, 0.29) is 18.4 Å². The maximum Gasteiger partial charge on any atom is 0.0761 e. The van der Waals surface area contributed by atoms with Crippen LogP contribution in [0.5, 0.6) is 0 Å². The molecule has 0 amide bonds. The van der Waals surface area contributed by atoms with Gasteiger partial charge in [0.15, 0.2) is 0 Å². The first-order chi connectivity index (χ1) is 7.61. The molecule has 1 saturated carbocycles. The zero-order chi connectivity index (χ0) is 11.7. The van der Waals surface area contributed by atoms with Crippen LogP contribution in [0.15, 0.2) is 18.2 Å². The summed E-state index contributed by atoms with van der Waals surface area (Å²) in [6, 6.07) is 5.36. The van der Waals surface area contributed by atoms with Crippen LogP contribution >= 0.6 is 24.0 Å². The van der Waals surface area contributed by atoms with Gasteiger partial charge in [-0.3, -0.25) is 0 Å². The first-order valence-electron chi connectivity index (χ1n) is 5.80. The average Bonchev–Trinajstić information content (AvgIpc) is 2.14. The zero-order valence-electron chi connectivity index (χ0n) is 9.90. The summed E-state index contributed by atoms with van der Waals surface area (Å²) in [5, 5.41) is 10.8.